The minimum atomic E-state index is -1.04. The maximum absolute atomic E-state index is 11.7. The van der Waals surface area contributed by atoms with Crippen molar-refractivity contribution in [3.63, 3.8) is 0 Å². The number of carbonyl (C=O) groups is 1. The standard InChI is InChI=1S/C31H38N4O2/c1-4-6-7-8-11-22(3)29-27(20-32-30-28(31(36)37)21-33-35(30)34-29)26-15-10-14-25(19-26)17-16-24-13-9-12-23(5-2)18-24/h9-10,12-15,18-22,34H,4-8,11,16-17H2,1-3H3,(H,36,37). The van der Waals surface area contributed by atoms with E-state index in [1.807, 2.05) is 6.21 Å². The highest BCUT2D eigenvalue weighted by Gasteiger charge is 2.23. The van der Waals surface area contributed by atoms with Gasteiger partial charge in [-0.25, -0.2) is 9.79 Å². The fraction of sp³-hybridized carbons (Fsp3) is 0.387. The third-order valence-electron chi connectivity index (χ3n) is 7.13. The summed E-state index contributed by atoms with van der Waals surface area (Å²) in [6.45, 7) is 6.63. The Bertz CT molecular complexity index is 1290. The Hall–Kier alpha value is -3.67. The van der Waals surface area contributed by atoms with E-state index in [1.165, 1.54) is 46.9 Å². The molecular formula is C31H38N4O2. The summed E-state index contributed by atoms with van der Waals surface area (Å²) in [4.78, 5) is 17.8. The van der Waals surface area contributed by atoms with E-state index >= 15 is 0 Å². The molecule has 1 aliphatic heterocycles. The molecule has 0 spiro atoms. The minimum Gasteiger partial charge on any atom is -0.477 e. The molecule has 1 aromatic heterocycles. The average molecular weight is 499 g/mol. The van der Waals surface area contributed by atoms with Gasteiger partial charge in [0.15, 0.2) is 5.82 Å². The van der Waals surface area contributed by atoms with Gasteiger partial charge in [-0.1, -0.05) is 95.0 Å². The van der Waals surface area contributed by atoms with Crippen LogP contribution in [0, 0.1) is 5.92 Å². The number of aliphatic imine (C=N–C) groups is 1. The van der Waals surface area contributed by atoms with Crippen molar-refractivity contribution in [2.75, 3.05) is 5.43 Å². The number of fused-ring (bicyclic) bond motifs is 1. The highest BCUT2D eigenvalue weighted by Crippen LogP contribution is 2.31. The Labute approximate surface area is 220 Å². The van der Waals surface area contributed by atoms with Gasteiger partial charge in [-0.15, -0.1) is 0 Å². The first-order chi connectivity index (χ1) is 18.0. The number of hydrogen-bond acceptors (Lipinski definition) is 4. The lowest BCUT2D eigenvalue weighted by Crippen LogP contribution is -2.21. The number of nitrogens with zero attached hydrogens (tertiary/aromatic N) is 3. The van der Waals surface area contributed by atoms with Gasteiger partial charge < -0.3 is 5.11 Å². The van der Waals surface area contributed by atoms with Gasteiger partial charge in [0.05, 0.1) is 6.20 Å². The molecule has 4 rings (SSSR count). The van der Waals surface area contributed by atoms with Crippen LogP contribution >= 0.6 is 0 Å². The molecule has 0 saturated carbocycles. The van der Waals surface area contributed by atoms with E-state index in [1.54, 1.807) is 0 Å². The molecule has 0 amide bonds. The van der Waals surface area contributed by atoms with Crippen molar-refractivity contribution < 1.29 is 9.90 Å². The molecule has 2 aromatic carbocycles. The summed E-state index contributed by atoms with van der Waals surface area (Å²) in [5.74, 6) is -0.487. The molecule has 37 heavy (non-hydrogen) atoms. The largest absolute Gasteiger partial charge is 0.477 e. The number of carboxylic acids is 1. The maximum Gasteiger partial charge on any atom is 0.341 e. The van der Waals surface area contributed by atoms with E-state index in [4.69, 9.17) is 0 Å². The number of aromatic carboxylic acids is 1. The van der Waals surface area contributed by atoms with Crippen molar-refractivity contribution in [1.82, 2.24) is 9.89 Å². The first kappa shape index (κ1) is 26.4. The van der Waals surface area contributed by atoms with Crippen LogP contribution in [0.2, 0.25) is 0 Å². The van der Waals surface area contributed by atoms with E-state index in [0.717, 1.165) is 48.9 Å². The molecule has 0 bridgehead atoms. The first-order valence-corrected chi connectivity index (χ1v) is 13.5. The fourth-order valence-electron chi connectivity index (χ4n) is 4.88. The molecule has 2 N–H and O–H groups in total. The summed E-state index contributed by atoms with van der Waals surface area (Å²) in [5, 5.41) is 13.9. The monoisotopic (exact) mass is 498 g/mol. The van der Waals surface area contributed by atoms with Crippen LogP contribution < -0.4 is 5.43 Å². The van der Waals surface area contributed by atoms with Gasteiger partial charge in [-0.05, 0) is 53.9 Å². The SMILES string of the molecule is CCCCCCC(C)C1=C(c2cccc(CCc3cccc(CC)c3)c2)C=Nc2c(C(=O)O)cnn2N1. The van der Waals surface area contributed by atoms with E-state index in [9.17, 15) is 9.90 Å². The van der Waals surface area contributed by atoms with Crippen LogP contribution in [0.15, 0.2) is 65.4 Å². The van der Waals surface area contributed by atoms with Gasteiger partial charge in [0.1, 0.15) is 5.56 Å². The van der Waals surface area contributed by atoms with Crippen LogP contribution in [0.5, 0.6) is 0 Å². The number of allylic oxidation sites excluding steroid dienone is 2. The number of hydrogen-bond donors (Lipinski definition) is 2. The van der Waals surface area contributed by atoms with Gasteiger partial charge >= 0.3 is 5.97 Å². The molecular weight excluding hydrogens is 460 g/mol. The van der Waals surface area contributed by atoms with Crippen LogP contribution in [0.3, 0.4) is 0 Å². The zero-order valence-electron chi connectivity index (χ0n) is 22.2. The Balaban J connectivity index is 1.63. The van der Waals surface area contributed by atoms with E-state index in [-0.39, 0.29) is 11.5 Å². The third kappa shape index (κ3) is 6.56. The fourth-order valence-corrected chi connectivity index (χ4v) is 4.88. The molecule has 0 radical (unpaired) electrons. The van der Waals surface area contributed by atoms with Gasteiger partial charge in [0.2, 0.25) is 0 Å². The van der Waals surface area contributed by atoms with Crippen molar-refractivity contribution in [2.45, 2.75) is 72.1 Å². The summed E-state index contributed by atoms with van der Waals surface area (Å²) >= 11 is 0. The lowest BCUT2D eigenvalue weighted by Gasteiger charge is -2.21. The predicted octanol–water partition coefficient (Wildman–Crippen LogP) is 7.21. The van der Waals surface area contributed by atoms with Crippen LogP contribution in [0.4, 0.5) is 5.82 Å². The smallest absolute Gasteiger partial charge is 0.341 e. The summed E-state index contributed by atoms with van der Waals surface area (Å²) in [6, 6.07) is 17.5. The highest BCUT2D eigenvalue weighted by molar-refractivity contribution is 6.13. The average Bonchev–Trinajstić information content (AvgIpc) is 3.22. The second-order valence-corrected chi connectivity index (χ2v) is 9.92. The molecule has 0 aliphatic carbocycles. The Morgan fingerprint density at radius 2 is 1.73 bits per heavy atom. The van der Waals surface area contributed by atoms with Gasteiger partial charge in [-0.2, -0.15) is 9.89 Å². The minimum absolute atomic E-state index is 0.0861. The van der Waals surface area contributed by atoms with Gasteiger partial charge in [0.25, 0.3) is 0 Å². The van der Waals surface area contributed by atoms with Crippen molar-refractivity contribution in [3.05, 3.63) is 88.2 Å². The number of rotatable bonds is 12. The molecule has 194 valence electrons. The van der Waals surface area contributed by atoms with Crippen molar-refractivity contribution in [2.24, 2.45) is 10.9 Å². The summed E-state index contributed by atoms with van der Waals surface area (Å²) in [5.41, 5.74) is 10.6. The zero-order chi connectivity index (χ0) is 26.2. The number of nitrogens with one attached hydrogen (secondary N) is 1. The maximum atomic E-state index is 11.7. The Kier molecular flexibility index (Phi) is 8.94. The Morgan fingerprint density at radius 3 is 2.46 bits per heavy atom. The lowest BCUT2D eigenvalue weighted by molar-refractivity contribution is 0.0698. The molecule has 0 fully saturated rings. The highest BCUT2D eigenvalue weighted by atomic mass is 16.4. The molecule has 6 nitrogen and oxygen atoms in total. The van der Waals surface area contributed by atoms with Crippen LogP contribution in [-0.2, 0) is 19.3 Å². The second-order valence-electron chi connectivity index (χ2n) is 9.92. The van der Waals surface area contributed by atoms with E-state index in [0.29, 0.717) is 5.82 Å². The van der Waals surface area contributed by atoms with Crippen molar-refractivity contribution >= 4 is 23.6 Å². The zero-order valence-corrected chi connectivity index (χ0v) is 22.2. The van der Waals surface area contributed by atoms with E-state index < -0.39 is 5.97 Å². The number of carboxylic acid groups (broad SMARTS) is 1. The first-order valence-electron chi connectivity index (χ1n) is 13.5. The number of unbranched alkanes of at least 4 members (excludes halogenated alkanes) is 3. The van der Waals surface area contributed by atoms with Gasteiger partial charge in [0, 0.05) is 17.5 Å². The molecule has 0 saturated heterocycles. The number of aryl methyl sites for hydroxylation is 3. The van der Waals surface area contributed by atoms with Crippen molar-refractivity contribution in [3.8, 4) is 0 Å². The molecule has 2 heterocycles. The van der Waals surface area contributed by atoms with Crippen LogP contribution in [0.1, 0.15) is 85.5 Å². The molecule has 1 atom stereocenters. The molecule has 6 heteroatoms. The molecule has 1 aliphatic rings. The van der Waals surface area contributed by atoms with Crippen molar-refractivity contribution in [1.29, 1.82) is 0 Å². The topological polar surface area (TPSA) is 79.5 Å². The summed E-state index contributed by atoms with van der Waals surface area (Å²) in [7, 11) is 0. The summed E-state index contributed by atoms with van der Waals surface area (Å²) in [6.07, 6.45) is 12.0. The third-order valence-corrected chi connectivity index (χ3v) is 7.13. The predicted molar refractivity (Wildman–Crippen MR) is 151 cm³/mol. The second kappa shape index (κ2) is 12.5. The molecule has 3 aromatic rings. The quantitative estimate of drug-likeness (QED) is 0.259. The Morgan fingerprint density at radius 1 is 1.00 bits per heavy atom. The van der Waals surface area contributed by atoms with Gasteiger partial charge in [-0.3, -0.25) is 5.43 Å². The van der Waals surface area contributed by atoms with E-state index in [2.05, 4.69) is 84.8 Å². The molecule has 1 unspecified atom stereocenters. The van der Waals surface area contributed by atoms with Crippen LogP contribution in [-0.4, -0.2) is 27.2 Å². The lowest BCUT2D eigenvalue weighted by atomic mass is 9.92. The number of benzene rings is 2. The number of aromatic nitrogens is 2. The van der Waals surface area contributed by atoms with Crippen LogP contribution in [0.25, 0.3) is 5.57 Å². The normalized spacial score (nSPS) is 13.7. The summed E-state index contributed by atoms with van der Waals surface area (Å²) < 4.78 is 0.